The van der Waals surface area contributed by atoms with Crippen LogP contribution in [0.15, 0.2) is 24.3 Å². The number of nitrogens with two attached hydrogens (primary N) is 1. The van der Waals surface area contributed by atoms with Crippen molar-refractivity contribution in [3.05, 3.63) is 29.8 Å². The molecule has 1 aromatic carbocycles. The maximum absolute atomic E-state index is 5.68. The van der Waals surface area contributed by atoms with Crippen LogP contribution in [0.4, 0.5) is 0 Å². The van der Waals surface area contributed by atoms with Gasteiger partial charge in [0.15, 0.2) is 0 Å². The highest BCUT2D eigenvalue weighted by Crippen LogP contribution is 2.29. The van der Waals surface area contributed by atoms with E-state index in [9.17, 15) is 0 Å². The molecule has 2 atom stereocenters. The van der Waals surface area contributed by atoms with Gasteiger partial charge in [-0.25, -0.2) is 0 Å². The number of rotatable bonds is 4. The molecule has 0 aromatic heterocycles. The van der Waals surface area contributed by atoms with Gasteiger partial charge < -0.3 is 9.47 Å². The molecule has 1 fully saturated rings. The lowest BCUT2D eigenvalue weighted by Crippen LogP contribution is -2.37. The molecule has 0 radical (unpaired) electrons. The fraction of sp³-hybridized carbons (Fsp3) is 0.538. The number of hydrogen-bond acceptors (Lipinski definition) is 4. The number of hydrazine groups is 1. The molecule has 4 nitrogen and oxygen atoms in total. The number of nitrogens with one attached hydrogen (secondary N) is 1. The van der Waals surface area contributed by atoms with E-state index in [1.165, 1.54) is 0 Å². The lowest BCUT2D eigenvalue weighted by molar-refractivity contribution is 0.0390. The van der Waals surface area contributed by atoms with Gasteiger partial charge in [0.1, 0.15) is 5.75 Å². The third-order valence-corrected chi connectivity index (χ3v) is 3.30. The quantitative estimate of drug-likeness (QED) is 0.616. The molecule has 17 heavy (non-hydrogen) atoms. The smallest absolute Gasteiger partial charge is 0.119 e. The second-order valence-electron chi connectivity index (χ2n) is 4.40. The summed E-state index contributed by atoms with van der Waals surface area (Å²) in [6, 6.07) is 8.16. The van der Waals surface area contributed by atoms with Crippen LogP contribution < -0.4 is 16.0 Å². The van der Waals surface area contributed by atoms with Gasteiger partial charge >= 0.3 is 0 Å². The van der Waals surface area contributed by atoms with Gasteiger partial charge in [-0.05, 0) is 30.5 Å². The minimum absolute atomic E-state index is 0.130. The molecule has 0 spiro atoms. The molecule has 1 aliphatic heterocycles. The van der Waals surface area contributed by atoms with Crippen molar-refractivity contribution in [2.45, 2.75) is 18.9 Å². The van der Waals surface area contributed by atoms with Crippen molar-refractivity contribution in [1.82, 2.24) is 5.43 Å². The number of ether oxygens (including phenoxy) is 2. The summed E-state index contributed by atoms with van der Waals surface area (Å²) in [4.78, 5) is 0. The summed E-state index contributed by atoms with van der Waals surface area (Å²) in [7, 11) is 1.67. The van der Waals surface area contributed by atoms with Crippen LogP contribution in [0.1, 0.15) is 24.4 Å². The standard InChI is InChI=1S/C13H20N2O2/c1-16-12-6-2-4-10(8-12)13(15-14)11-5-3-7-17-9-11/h2,4,6,8,11,13,15H,3,5,7,9,14H2,1H3. The van der Waals surface area contributed by atoms with Crippen LogP contribution in [-0.2, 0) is 4.74 Å². The van der Waals surface area contributed by atoms with Crippen LogP contribution in [-0.4, -0.2) is 20.3 Å². The second kappa shape index (κ2) is 6.00. The molecule has 94 valence electrons. The van der Waals surface area contributed by atoms with Crippen molar-refractivity contribution in [2.24, 2.45) is 11.8 Å². The summed E-state index contributed by atoms with van der Waals surface area (Å²) in [6.07, 6.45) is 2.25. The summed E-state index contributed by atoms with van der Waals surface area (Å²) in [5.41, 5.74) is 4.06. The summed E-state index contributed by atoms with van der Waals surface area (Å²) in [5.74, 6) is 6.97. The van der Waals surface area contributed by atoms with Crippen molar-refractivity contribution >= 4 is 0 Å². The first-order valence-electron chi connectivity index (χ1n) is 6.03. The van der Waals surface area contributed by atoms with Crippen molar-refractivity contribution in [1.29, 1.82) is 0 Å². The van der Waals surface area contributed by atoms with Crippen LogP contribution in [0, 0.1) is 5.92 Å². The van der Waals surface area contributed by atoms with E-state index in [0.29, 0.717) is 5.92 Å². The third kappa shape index (κ3) is 2.97. The minimum atomic E-state index is 0.130. The third-order valence-electron chi connectivity index (χ3n) is 3.30. The van der Waals surface area contributed by atoms with Gasteiger partial charge in [0.05, 0.1) is 19.8 Å². The van der Waals surface area contributed by atoms with Crippen LogP contribution in [0.2, 0.25) is 0 Å². The first kappa shape index (κ1) is 12.4. The molecule has 2 rings (SSSR count). The SMILES string of the molecule is COc1cccc(C(NN)C2CCCOC2)c1. The summed E-state index contributed by atoms with van der Waals surface area (Å²) in [5, 5.41) is 0. The van der Waals surface area contributed by atoms with Crippen molar-refractivity contribution in [3.63, 3.8) is 0 Å². The molecule has 3 N–H and O–H groups in total. The van der Waals surface area contributed by atoms with Gasteiger partial charge in [-0.1, -0.05) is 12.1 Å². The zero-order chi connectivity index (χ0) is 12.1. The fourth-order valence-electron chi connectivity index (χ4n) is 2.37. The Hall–Kier alpha value is -1.10. The Morgan fingerprint density at radius 2 is 2.41 bits per heavy atom. The van der Waals surface area contributed by atoms with Gasteiger partial charge in [-0.2, -0.15) is 0 Å². The van der Waals surface area contributed by atoms with E-state index in [0.717, 1.165) is 37.4 Å². The fourth-order valence-corrected chi connectivity index (χ4v) is 2.37. The molecule has 2 unspecified atom stereocenters. The van der Waals surface area contributed by atoms with E-state index < -0.39 is 0 Å². The Labute approximate surface area is 102 Å². The maximum Gasteiger partial charge on any atom is 0.119 e. The predicted octanol–water partition coefficient (Wildman–Crippen LogP) is 1.63. The first-order valence-corrected chi connectivity index (χ1v) is 6.03. The van der Waals surface area contributed by atoms with E-state index >= 15 is 0 Å². The van der Waals surface area contributed by atoms with Crippen LogP contribution in [0.25, 0.3) is 0 Å². The Bertz CT molecular complexity index is 351. The van der Waals surface area contributed by atoms with Crippen molar-refractivity contribution < 1.29 is 9.47 Å². The highest BCUT2D eigenvalue weighted by molar-refractivity contribution is 5.30. The second-order valence-corrected chi connectivity index (χ2v) is 4.40. The molecule has 1 heterocycles. The number of hydrogen-bond donors (Lipinski definition) is 2. The van der Waals surface area contributed by atoms with Gasteiger partial charge in [0.25, 0.3) is 0 Å². The molecule has 0 saturated carbocycles. The molecule has 1 aromatic rings. The Morgan fingerprint density at radius 3 is 3.06 bits per heavy atom. The summed E-state index contributed by atoms with van der Waals surface area (Å²) >= 11 is 0. The molecular weight excluding hydrogens is 216 g/mol. The van der Waals surface area contributed by atoms with Crippen molar-refractivity contribution in [2.75, 3.05) is 20.3 Å². The normalized spacial score (nSPS) is 22.1. The van der Waals surface area contributed by atoms with Gasteiger partial charge in [0, 0.05) is 12.5 Å². The minimum Gasteiger partial charge on any atom is -0.497 e. The van der Waals surface area contributed by atoms with E-state index in [1.807, 2.05) is 18.2 Å². The molecular formula is C13H20N2O2. The zero-order valence-corrected chi connectivity index (χ0v) is 10.2. The number of benzene rings is 1. The largest absolute Gasteiger partial charge is 0.497 e. The topological polar surface area (TPSA) is 56.5 Å². The average molecular weight is 236 g/mol. The molecule has 0 aliphatic carbocycles. The summed E-state index contributed by atoms with van der Waals surface area (Å²) in [6.45, 7) is 1.64. The lowest BCUT2D eigenvalue weighted by Gasteiger charge is -2.30. The maximum atomic E-state index is 5.68. The average Bonchev–Trinajstić information content (AvgIpc) is 2.41. The van der Waals surface area contributed by atoms with Gasteiger partial charge in [-0.3, -0.25) is 11.3 Å². The Morgan fingerprint density at radius 1 is 1.53 bits per heavy atom. The highest BCUT2D eigenvalue weighted by Gasteiger charge is 2.24. The van der Waals surface area contributed by atoms with Crippen LogP contribution in [0.3, 0.4) is 0 Å². The lowest BCUT2D eigenvalue weighted by atomic mass is 9.89. The van der Waals surface area contributed by atoms with Crippen LogP contribution in [0.5, 0.6) is 5.75 Å². The summed E-state index contributed by atoms with van der Waals surface area (Å²) < 4.78 is 10.8. The molecule has 0 amide bonds. The van der Waals surface area contributed by atoms with E-state index in [1.54, 1.807) is 7.11 Å². The molecule has 1 saturated heterocycles. The van der Waals surface area contributed by atoms with Crippen molar-refractivity contribution in [3.8, 4) is 5.75 Å². The highest BCUT2D eigenvalue weighted by atomic mass is 16.5. The first-order chi connectivity index (χ1) is 8.35. The Balaban J connectivity index is 2.15. The van der Waals surface area contributed by atoms with E-state index in [4.69, 9.17) is 15.3 Å². The molecule has 4 heteroatoms. The zero-order valence-electron chi connectivity index (χ0n) is 10.2. The monoisotopic (exact) mass is 236 g/mol. The molecule has 1 aliphatic rings. The predicted molar refractivity (Wildman–Crippen MR) is 66.6 cm³/mol. The molecule has 0 bridgehead atoms. The van der Waals surface area contributed by atoms with E-state index in [-0.39, 0.29) is 6.04 Å². The van der Waals surface area contributed by atoms with Crippen LogP contribution >= 0.6 is 0 Å². The number of methoxy groups -OCH3 is 1. The van der Waals surface area contributed by atoms with Gasteiger partial charge in [-0.15, -0.1) is 0 Å². The van der Waals surface area contributed by atoms with Gasteiger partial charge in [0.2, 0.25) is 0 Å². The van der Waals surface area contributed by atoms with E-state index in [2.05, 4.69) is 11.5 Å². The Kier molecular flexibility index (Phi) is 4.36.